The van der Waals surface area contributed by atoms with E-state index in [1.807, 2.05) is 18.2 Å². The number of carbonyl (C=O) groups is 2. The highest BCUT2D eigenvalue weighted by Gasteiger charge is 2.46. The lowest BCUT2D eigenvalue weighted by Crippen LogP contribution is -2.33. The quantitative estimate of drug-likeness (QED) is 0.813. The third kappa shape index (κ3) is 3.82. The first kappa shape index (κ1) is 17.0. The van der Waals surface area contributed by atoms with Crippen LogP contribution in [0.25, 0.3) is 0 Å². The molecule has 1 aliphatic carbocycles. The van der Waals surface area contributed by atoms with Gasteiger partial charge in [0.05, 0.1) is 19.1 Å². The zero-order valence-electron chi connectivity index (χ0n) is 14.1. The van der Waals surface area contributed by atoms with E-state index in [4.69, 9.17) is 9.84 Å². The lowest BCUT2D eigenvalue weighted by atomic mass is 9.94. The molecule has 1 saturated carbocycles. The van der Waals surface area contributed by atoms with Gasteiger partial charge in [-0.15, -0.1) is 0 Å². The molecule has 1 amide bonds. The highest BCUT2D eigenvalue weighted by Crippen LogP contribution is 2.50. The second-order valence-electron chi connectivity index (χ2n) is 6.44. The predicted molar refractivity (Wildman–Crippen MR) is 94.0 cm³/mol. The summed E-state index contributed by atoms with van der Waals surface area (Å²) in [7, 11) is 1.66. The molecule has 0 spiro atoms. The zero-order valence-corrected chi connectivity index (χ0v) is 14.1. The molecule has 2 aromatic carbocycles. The van der Waals surface area contributed by atoms with E-state index in [2.05, 4.69) is 11.4 Å². The van der Waals surface area contributed by atoms with E-state index in [-0.39, 0.29) is 23.3 Å². The number of rotatable bonds is 7. The number of hydrogen-bond donors (Lipinski definition) is 2. The van der Waals surface area contributed by atoms with Gasteiger partial charge in [-0.2, -0.15) is 0 Å². The number of carbonyl (C=O) groups excluding carboxylic acids is 1. The average molecular weight is 339 g/mol. The van der Waals surface area contributed by atoms with E-state index in [9.17, 15) is 9.59 Å². The van der Waals surface area contributed by atoms with Gasteiger partial charge in [-0.05, 0) is 36.6 Å². The smallest absolute Gasteiger partial charge is 0.335 e. The van der Waals surface area contributed by atoms with Crippen molar-refractivity contribution in [3.8, 4) is 5.75 Å². The number of aromatic carboxylic acids is 1. The van der Waals surface area contributed by atoms with Crippen LogP contribution >= 0.6 is 0 Å². The van der Waals surface area contributed by atoms with Crippen LogP contribution in [-0.2, 0) is 16.6 Å². The number of carboxylic acid groups (broad SMARTS) is 1. The molecule has 0 heterocycles. The first-order valence-electron chi connectivity index (χ1n) is 8.26. The van der Waals surface area contributed by atoms with E-state index in [0.29, 0.717) is 6.54 Å². The standard InChI is InChI=1S/C20H21NO4/c1-25-17-5-3-2-4-16(17)20(10-11-20)13-21-18(22)12-14-6-8-15(9-7-14)19(23)24/h2-9H,10-13H2,1H3,(H,21,22)(H,23,24). The molecule has 1 aliphatic rings. The maximum Gasteiger partial charge on any atom is 0.335 e. The van der Waals surface area contributed by atoms with Gasteiger partial charge in [0, 0.05) is 17.5 Å². The van der Waals surface area contributed by atoms with Gasteiger partial charge >= 0.3 is 5.97 Å². The maximum atomic E-state index is 12.2. The van der Waals surface area contributed by atoms with Crippen molar-refractivity contribution in [3.63, 3.8) is 0 Å². The fourth-order valence-corrected chi connectivity index (χ4v) is 3.06. The van der Waals surface area contributed by atoms with Crippen LogP contribution in [0.3, 0.4) is 0 Å². The number of methoxy groups -OCH3 is 1. The first-order valence-corrected chi connectivity index (χ1v) is 8.26. The van der Waals surface area contributed by atoms with Crippen LogP contribution in [0.15, 0.2) is 48.5 Å². The second kappa shape index (κ2) is 6.97. The van der Waals surface area contributed by atoms with Gasteiger partial charge in [0.25, 0.3) is 0 Å². The van der Waals surface area contributed by atoms with Crippen LogP contribution in [0, 0.1) is 0 Å². The summed E-state index contributed by atoms with van der Waals surface area (Å²) in [6.45, 7) is 0.583. The van der Waals surface area contributed by atoms with Crippen LogP contribution in [0.1, 0.15) is 34.3 Å². The molecule has 0 bridgehead atoms. The van der Waals surface area contributed by atoms with Gasteiger partial charge < -0.3 is 15.2 Å². The molecule has 5 heteroatoms. The predicted octanol–water partition coefficient (Wildman–Crippen LogP) is 2.78. The molecule has 2 N–H and O–H groups in total. The molecule has 130 valence electrons. The minimum Gasteiger partial charge on any atom is -0.496 e. The molecule has 25 heavy (non-hydrogen) atoms. The lowest BCUT2D eigenvalue weighted by molar-refractivity contribution is -0.120. The number of carboxylic acids is 1. The minimum atomic E-state index is -0.969. The van der Waals surface area contributed by atoms with Crippen molar-refractivity contribution in [1.29, 1.82) is 0 Å². The Morgan fingerprint density at radius 2 is 1.80 bits per heavy atom. The first-order chi connectivity index (χ1) is 12.0. The molecule has 0 saturated heterocycles. The van der Waals surface area contributed by atoms with Crippen molar-refractivity contribution in [2.75, 3.05) is 13.7 Å². The Morgan fingerprint density at radius 1 is 1.12 bits per heavy atom. The van der Waals surface area contributed by atoms with Gasteiger partial charge in [-0.25, -0.2) is 4.79 Å². The van der Waals surface area contributed by atoms with E-state index in [1.54, 1.807) is 19.2 Å². The molecule has 2 aromatic rings. The fourth-order valence-electron chi connectivity index (χ4n) is 3.06. The summed E-state index contributed by atoms with van der Waals surface area (Å²) in [6.07, 6.45) is 2.30. The molecule has 3 rings (SSSR count). The van der Waals surface area contributed by atoms with Crippen molar-refractivity contribution < 1.29 is 19.4 Å². The van der Waals surface area contributed by atoms with Gasteiger partial charge in [0.2, 0.25) is 5.91 Å². The molecule has 0 atom stereocenters. The monoisotopic (exact) mass is 339 g/mol. The van der Waals surface area contributed by atoms with Crippen molar-refractivity contribution >= 4 is 11.9 Å². The highest BCUT2D eigenvalue weighted by molar-refractivity contribution is 5.87. The molecular formula is C20H21NO4. The SMILES string of the molecule is COc1ccccc1C1(CNC(=O)Cc2ccc(C(=O)O)cc2)CC1. The van der Waals surface area contributed by atoms with Gasteiger partial charge in [-0.3, -0.25) is 4.79 Å². The van der Waals surface area contributed by atoms with Crippen LogP contribution in [0.4, 0.5) is 0 Å². The summed E-state index contributed by atoms with van der Waals surface area (Å²) >= 11 is 0. The fraction of sp³-hybridized carbons (Fsp3) is 0.300. The van der Waals surface area contributed by atoms with Crippen molar-refractivity contribution in [3.05, 3.63) is 65.2 Å². The van der Waals surface area contributed by atoms with E-state index < -0.39 is 5.97 Å². The lowest BCUT2D eigenvalue weighted by Gasteiger charge is -2.19. The number of hydrogen-bond acceptors (Lipinski definition) is 3. The topological polar surface area (TPSA) is 75.6 Å². The Hall–Kier alpha value is -2.82. The summed E-state index contributed by atoms with van der Waals surface area (Å²) < 4.78 is 5.44. The summed E-state index contributed by atoms with van der Waals surface area (Å²) in [5, 5.41) is 11.9. The Kier molecular flexibility index (Phi) is 4.74. The summed E-state index contributed by atoms with van der Waals surface area (Å²) in [6, 6.07) is 14.3. The molecule has 0 aliphatic heterocycles. The number of benzene rings is 2. The number of nitrogens with one attached hydrogen (secondary N) is 1. The molecular weight excluding hydrogens is 318 g/mol. The molecule has 0 radical (unpaired) electrons. The zero-order chi connectivity index (χ0) is 17.9. The van der Waals surface area contributed by atoms with Crippen LogP contribution in [-0.4, -0.2) is 30.6 Å². The molecule has 5 nitrogen and oxygen atoms in total. The van der Waals surface area contributed by atoms with Crippen molar-refractivity contribution in [1.82, 2.24) is 5.32 Å². The normalized spacial score (nSPS) is 14.6. The van der Waals surface area contributed by atoms with E-state index in [0.717, 1.165) is 29.7 Å². The van der Waals surface area contributed by atoms with Gasteiger partial charge in [-0.1, -0.05) is 30.3 Å². The summed E-state index contributed by atoms with van der Waals surface area (Å²) in [5.74, 6) is -0.175. The third-order valence-electron chi connectivity index (χ3n) is 4.72. The molecule has 0 aromatic heterocycles. The third-order valence-corrected chi connectivity index (χ3v) is 4.72. The number of ether oxygens (including phenoxy) is 1. The van der Waals surface area contributed by atoms with E-state index >= 15 is 0 Å². The average Bonchev–Trinajstić information content (AvgIpc) is 3.41. The summed E-state index contributed by atoms with van der Waals surface area (Å²) in [4.78, 5) is 23.1. The Bertz CT molecular complexity index is 779. The largest absolute Gasteiger partial charge is 0.496 e. The van der Waals surface area contributed by atoms with Crippen molar-refractivity contribution in [2.45, 2.75) is 24.7 Å². The molecule has 1 fully saturated rings. The van der Waals surface area contributed by atoms with Crippen LogP contribution in [0.2, 0.25) is 0 Å². The van der Waals surface area contributed by atoms with E-state index in [1.165, 1.54) is 12.1 Å². The van der Waals surface area contributed by atoms with Crippen LogP contribution in [0.5, 0.6) is 5.75 Å². The minimum absolute atomic E-state index is 0.0323. The summed E-state index contributed by atoms with van der Waals surface area (Å²) in [5.41, 5.74) is 2.13. The Labute approximate surface area is 146 Å². The van der Waals surface area contributed by atoms with Crippen molar-refractivity contribution in [2.24, 2.45) is 0 Å². The number of para-hydroxylation sites is 1. The highest BCUT2D eigenvalue weighted by atomic mass is 16.5. The second-order valence-corrected chi connectivity index (χ2v) is 6.44. The van der Waals surface area contributed by atoms with Gasteiger partial charge in [0.1, 0.15) is 5.75 Å². The maximum absolute atomic E-state index is 12.2. The Morgan fingerprint density at radius 3 is 2.40 bits per heavy atom. The number of amides is 1. The Balaban J connectivity index is 1.59. The van der Waals surface area contributed by atoms with Crippen LogP contribution < -0.4 is 10.1 Å². The van der Waals surface area contributed by atoms with Gasteiger partial charge in [0.15, 0.2) is 0 Å². The molecule has 0 unspecified atom stereocenters.